The number of imide groups is 1. The van der Waals surface area contributed by atoms with Crippen LogP contribution in [0.25, 0.3) is 0 Å². The fourth-order valence-corrected chi connectivity index (χ4v) is 15.8. The Bertz CT molecular complexity index is 3380. The van der Waals surface area contributed by atoms with Gasteiger partial charge in [-0.25, -0.2) is 4.99 Å². The van der Waals surface area contributed by atoms with Crippen LogP contribution in [0.4, 0.5) is 5.69 Å². The zero-order valence-electron chi connectivity index (χ0n) is 72.8. The van der Waals surface area contributed by atoms with Crippen molar-refractivity contribution in [3.63, 3.8) is 0 Å². The number of likely N-dealkylation sites (tertiary alicyclic amines) is 1. The molecule has 4 aliphatic heterocycles. The van der Waals surface area contributed by atoms with E-state index in [4.69, 9.17) is 83.9 Å². The minimum Gasteiger partial charge on any atom is -0.454 e. The molecule has 0 spiro atoms. The lowest BCUT2D eigenvalue weighted by Crippen LogP contribution is -2.54. The van der Waals surface area contributed by atoms with E-state index >= 15 is 0 Å². The van der Waals surface area contributed by atoms with Crippen molar-refractivity contribution >= 4 is 88.1 Å². The molecular weight excluding hydrogens is 1630 g/mol. The molecule has 0 radical (unpaired) electrons. The lowest BCUT2D eigenvalue weighted by molar-refractivity contribution is -0.144. The standard InChI is InChI=1S/C87H141ClN12O22S/c1-2-3-4-5-6-7-8-9-10-22-80(103)94-74(83(89)106)20-15-16-27-90-79(102)26-41-110-43-45-112-47-49-114-51-53-116-55-57-118-59-61-120-63-64-121-62-60-119-58-56-117-54-52-115-50-48-113-46-44-111-42-29-91-78(101)25-31-100-82(105)67-77(87(100)109)123-65-30-92-81(104)68-97-35-33-96(34-36-97)32-28-93-85(107)70-17-11-12-18-71(70)86(108)99-39-37-98(38-40-99)84-72-66-69(88)23-24-75(72)122-76-21-14-13-19-73(76)95-84/h13-14,19,21,23-24,66,70-71,74,77H,2-12,15-18,20,22,25-65,67-68H2,1H3,(H2,89,106)(H,90,102)(H,91,101)(H,92,104)(H,93,107)(H,94,103)/t70-,71+,74?,77?/m1/s1. The molecule has 2 unspecified atom stereocenters. The molecule has 1 aliphatic carbocycles. The quantitative estimate of drug-likeness (QED) is 0.0354. The molecule has 36 heteroatoms. The number of hydrogen-bond donors (Lipinski definition) is 6. The number of para-hydroxylation sites is 2. The molecule has 4 atom stereocenters. The van der Waals surface area contributed by atoms with Crippen LogP contribution in [0.2, 0.25) is 5.02 Å². The smallest absolute Gasteiger partial charge is 0.242 e. The molecule has 1 saturated carbocycles. The summed E-state index contributed by atoms with van der Waals surface area (Å²) < 4.78 is 72.7. The lowest BCUT2D eigenvalue weighted by atomic mass is 9.77. The topological polar surface area (TPSA) is 388 Å². The van der Waals surface area contributed by atoms with Crippen LogP contribution in [0.5, 0.6) is 11.5 Å². The molecule has 4 heterocycles. The van der Waals surface area contributed by atoms with Crippen molar-refractivity contribution in [3.8, 4) is 11.5 Å². The summed E-state index contributed by atoms with van der Waals surface area (Å²) in [4.78, 5) is 130. The second kappa shape index (κ2) is 64.9. The maximum atomic E-state index is 14.2. The average molecular weight is 1770 g/mol. The van der Waals surface area contributed by atoms with Crippen LogP contribution >= 0.6 is 23.4 Å². The van der Waals surface area contributed by atoms with Gasteiger partial charge in [-0.15, -0.1) is 11.8 Å². The van der Waals surface area contributed by atoms with E-state index in [0.29, 0.717) is 272 Å². The highest BCUT2D eigenvalue weighted by Gasteiger charge is 2.41. The zero-order valence-corrected chi connectivity index (χ0v) is 74.4. The molecule has 0 aromatic heterocycles. The second-order valence-electron chi connectivity index (χ2n) is 30.8. The highest BCUT2D eigenvalue weighted by atomic mass is 35.5. The molecule has 3 saturated heterocycles. The summed E-state index contributed by atoms with van der Waals surface area (Å²) in [6.07, 6.45) is 16.1. The number of piperazine rings is 2. The number of thioether (sulfide) groups is 1. The monoisotopic (exact) mass is 1770 g/mol. The number of carbonyl (C=O) groups is 9. The number of amides is 9. The van der Waals surface area contributed by atoms with E-state index in [1.54, 1.807) is 6.07 Å². The number of carbonyl (C=O) groups excluding carboxylic acids is 9. The number of amidine groups is 1. The number of nitrogens with zero attached hydrogens (tertiary/aromatic N) is 6. The Labute approximate surface area is 736 Å². The number of ether oxygens (including phenoxy) is 13. The summed E-state index contributed by atoms with van der Waals surface area (Å²) in [5.74, 6) is -0.0922. The number of halogens is 1. The van der Waals surface area contributed by atoms with Gasteiger partial charge in [0.2, 0.25) is 53.2 Å². The number of rotatable bonds is 70. The van der Waals surface area contributed by atoms with Crippen molar-refractivity contribution in [2.75, 3.05) is 262 Å². The first-order valence-corrected chi connectivity index (χ1v) is 46.3. The van der Waals surface area contributed by atoms with E-state index in [2.05, 4.69) is 48.2 Å². The van der Waals surface area contributed by atoms with Crippen LogP contribution in [0.3, 0.4) is 0 Å². The number of benzene rings is 2. The van der Waals surface area contributed by atoms with Gasteiger partial charge in [0, 0.05) is 140 Å². The third-order valence-electron chi connectivity index (χ3n) is 21.4. The van der Waals surface area contributed by atoms with Crippen LogP contribution in [-0.4, -0.2) is 357 Å². The number of aliphatic imine (C=N–C) groups is 1. The predicted octanol–water partition coefficient (Wildman–Crippen LogP) is 5.46. The Morgan fingerprint density at radius 2 is 1.02 bits per heavy atom. The molecule has 7 N–H and O–H groups in total. The Hall–Kier alpha value is -6.78. The number of fused-ring (bicyclic) bond motifs is 2. The Morgan fingerprint density at radius 3 is 1.59 bits per heavy atom. The van der Waals surface area contributed by atoms with E-state index in [0.717, 1.165) is 67.2 Å². The summed E-state index contributed by atoms with van der Waals surface area (Å²) in [6.45, 7) is 19.4. The minimum absolute atomic E-state index is 0.0127. The Kier molecular flexibility index (Phi) is 54.5. The van der Waals surface area contributed by atoms with Crippen molar-refractivity contribution in [2.45, 2.75) is 147 Å². The van der Waals surface area contributed by atoms with E-state index in [1.807, 2.05) is 41.3 Å². The molecule has 7 rings (SSSR count). The summed E-state index contributed by atoms with van der Waals surface area (Å²) in [7, 11) is 0. The SMILES string of the molecule is CCCCCCCCCCCC(=O)NC(CCCCNC(=O)CCOCCOCCOCCOCCOCCOCCOCCOCCOCCOCCOCCOCCNC(=O)CCN1C(=O)CC(SCCNC(=O)CN2CCN(CCNC(=O)[C@@H]3CCCC[C@@H]3C(=O)N3CCN(C4=Nc5ccccc5Oc5ccc(Cl)cc54)CC3)CC2)C1=O)C(N)=O. The second-order valence-corrected chi connectivity index (χ2v) is 32.6. The van der Waals surface area contributed by atoms with Gasteiger partial charge in [0.1, 0.15) is 23.3 Å². The number of primary amides is 1. The molecule has 2 aromatic rings. The van der Waals surface area contributed by atoms with Gasteiger partial charge in [0.15, 0.2) is 5.75 Å². The van der Waals surface area contributed by atoms with Crippen LogP contribution in [-0.2, 0) is 100.0 Å². The van der Waals surface area contributed by atoms with Crippen molar-refractivity contribution in [1.82, 2.24) is 51.1 Å². The van der Waals surface area contributed by atoms with Gasteiger partial charge < -0.3 is 104 Å². The van der Waals surface area contributed by atoms with Gasteiger partial charge in [-0.3, -0.25) is 57.9 Å². The molecule has 9 amide bonds. The Balaban J connectivity index is 0.542. The predicted molar refractivity (Wildman–Crippen MR) is 466 cm³/mol. The number of nitrogens with two attached hydrogens (primary N) is 1. The van der Waals surface area contributed by atoms with Crippen LogP contribution in [0.1, 0.15) is 141 Å². The molecule has 123 heavy (non-hydrogen) atoms. The highest BCUT2D eigenvalue weighted by molar-refractivity contribution is 8.00. The first kappa shape index (κ1) is 103. The molecule has 0 bridgehead atoms. The van der Waals surface area contributed by atoms with Crippen molar-refractivity contribution < 1.29 is 105 Å². The fraction of sp³-hybridized carbons (Fsp3) is 0.747. The molecule has 4 fully saturated rings. The molecule has 694 valence electrons. The summed E-state index contributed by atoms with van der Waals surface area (Å²) in [6, 6.07) is 12.5. The minimum atomic E-state index is -0.700. The third-order valence-corrected chi connectivity index (χ3v) is 22.9. The van der Waals surface area contributed by atoms with Crippen molar-refractivity contribution in [2.24, 2.45) is 22.6 Å². The maximum Gasteiger partial charge on any atom is 0.242 e. The van der Waals surface area contributed by atoms with Gasteiger partial charge in [-0.2, -0.15) is 0 Å². The first-order chi connectivity index (χ1) is 60.2. The molecular formula is C87H141ClN12O22S. The van der Waals surface area contributed by atoms with Gasteiger partial charge in [-0.1, -0.05) is 94.9 Å². The van der Waals surface area contributed by atoms with Gasteiger partial charge in [-0.05, 0) is 68.9 Å². The van der Waals surface area contributed by atoms with E-state index in [-0.39, 0.29) is 111 Å². The summed E-state index contributed by atoms with van der Waals surface area (Å²) in [5.41, 5.74) is 7.06. The highest BCUT2D eigenvalue weighted by Crippen LogP contribution is 2.40. The van der Waals surface area contributed by atoms with E-state index in [1.165, 1.54) is 50.3 Å². The first-order valence-electron chi connectivity index (χ1n) is 44.9. The van der Waals surface area contributed by atoms with Gasteiger partial charge in [0.25, 0.3) is 0 Å². The number of nitrogens with one attached hydrogen (secondary N) is 5. The third kappa shape index (κ3) is 44.0. The van der Waals surface area contributed by atoms with Crippen LogP contribution in [0, 0.1) is 11.8 Å². The number of hydrogen-bond acceptors (Lipinski definition) is 27. The zero-order chi connectivity index (χ0) is 87.4. The molecule has 34 nitrogen and oxygen atoms in total. The van der Waals surface area contributed by atoms with Gasteiger partial charge >= 0.3 is 0 Å². The molecule has 2 aromatic carbocycles. The summed E-state index contributed by atoms with van der Waals surface area (Å²) in [5, 5.41) is 14.5. The number of unbranched alkanes of at least 4 members (excludes halogenated alkanes) is 9. The Morgan fingerprint density at radius 1 is 0.504 bits per heavy atom. The van der Waals surface area contributed by atoms with Crippen LogP contribution in [0.15, 0.2) is 47.5 Å². The van der Waals surface area contributed by atoms with Gasteiger partial charge in [0.05, 0.1) is 176 Å². The van der Waals surface area contributed by atoms with Crippen LogP contribution < -0.4 is 37.1 Å². The maximum absolute atomic E-state index is 14.2. The normalized spacial score (nSPS) is 17.1. The summed E-state index contributed by atoms with van der Waals surface area (Å²) >= 11 is 7.79. The molecule has 5 aliphatic rings. The average Bonchev–Trinajstić information content (AvgIpc) is 1.70. The lowest BCUT2D eigenvalue weighted by Gasteiger charge is -2.40. The largest absolute Gasteiger partial charge is 0.454 e. The van der Waals surface area contributed by atoms with Crippen molar-refractivity contribution in [1.29, 1.82) is 0 Å². The van der Waals surface area contributed by atoms with E-state index in [9.17, 15) is 43.2 Å². The fourth-order valence-electron chi connectivity index (χ4n) is 14.5. The van der Waals surface area contributed by atoms with E-state index < -0.39 is 17.2 Å². The van der Waals surface area contributed by atoms with Crippen molar-refractivity contribution in [3.05, 3.63) is 53.1 Å².